The van der Waals surface area contributed by atoms with Crippen molar-refractivity contribution in [3.63, 3.8) is 0 Å². The first-order valence-electron chi connectivity index (χ1n) is 16.3. The van der Waals surface area contributed by atoms with Crippen LogP contribution in [0.25, 0.3) is 0 Å². The molecule has 1 aromatic rings. The largest absolute Gasteiger partial charge is 0.380 e. The van der Waals surface area contributed by atoms with E-state index in [0.717, 1.165) is 30.5 Å². The van der Waals surface area contributed by atoms with E-state index < -0.39 is 23.2 Å². The van der Waals surface area contributed by atoms with E-state index >= 15 is 0 Å². The van der Waals surface area contributed by atoms with Gasteiger partial charge in [0.25, 0.3) is 0 Å². The van der Waals surface area contributed by atoms with E-state index in [0.29, 0.717) is 30.4 Å². The van der Waals surface area contributed by atoms with Crippen LogP contribution in [0.3, 0.4) is 0 Å². The van der Waals surface area contributed by atoms with Gasteiger partial charge in [0.1, 0.15) is 12.1 Å². The topological polar surface area (TPSA) is 111 Å². The minimum Gasteiger partial charge on any atom is -0.380 e. The molecule has 0 spiro atoms. The second kappa shape index (κ2) is 14.7. The molecular formula is C35H50IN5O4. The lowest BCUT2D eigenvalue weighted by atomic mass is 9.69. The number of piperidine rings is 1. The van der Waals surface area contributed by atoms with Gasteiger partial charge < -0.3 is 25.8 Å². The Morgan fingerprint density at radius 2 is 1.62 bits per heavy atom. The molecule has 0 radical (unpaired) electrons. The lowest BCUT2D eigenvalue weighted by Gasteiger charge is -2.43. The van der Waals surface area contributed by atoms with E-state index in [1.807, 2.05) is 63.3 Å². The molecule has 1 aromatic carbocycles. The average Bonchev–Trinajstić information content (AvgIpc) is 3.61. The minimum atomic E-state index is -0.786. The highest BCUT2D eigenvalue weighted by molar-refractivity contribution is 14.1. The first-order valence-corrected chi connectivity index (χ1v) is 17.8. The van der Waals surface area contributed by atoms with Crippen molar-refractivity contribution in [2.24, 2.45) is 11.8 Å². The molecular weight excluding hydrogens is 681 g/mol. The van der Waals surface area contributed by atoms with E-state index in [4.69, 9.17) is 0 Å². The predicted molar refractivity (Wildman–Crippen MR) is 185 cm³/mol. The maximum atomic E-state index is 13.8. The summed E-state index contributed by atoms with van der Waals surface area (Å²) >= 11 is 2.05. The van der Waals surface area contributed by atoms with E-state index in [1.54, 1.807) is 9.80 Å². The number of carbonyl (C=O) groups excluding carboxylic acids is 4. The van der Waals surface area contributed by atoms with E-state index in [-0.39, 0.29) is 47.9 Å². The van der Waals surface area contributed by atoms with Crippen molar-refractivity contribution >= 4 is 46.2 Å². The summed E-state index contributed by atoms with van der Waals surface area (Å²) in [7, 11) is 0. The number of nitrogens with zero attached hydrogens (tertiary/aromatic N) is 2. The molecule has 0 bridgehead atoms. The lowest BCUT2D eigenvalue weighted by Crippen LogP contribution is -2.61. The third-order valence-corrected chi connectivity index (χ3v) is 11.2. The number of amides is 4. The van der Waals surface area contributed by atoms with Crippen LogP contribution in [0.5, 0.6) is 0 Å². The molecule has 7 atom stereocenters. The van der Waals surface area contributed by atoms with Gasteiger partial charge in [-0.1, -0.05) is 72.0 Å². The molecule has 1 unspecified atom stereocenters. The maximum Gasteiger partial charge on any atom is 0.243 e. The highest BCUT2D eigenvalue weighted by atomic mass is 127. The monoisotopic (exact) mass is 731 g/mol. The number of allylic oxidation sites excluding steroid dienone is 1. The number of rotatable bonds is 10. The summed E-state index contributed by atoms with van der Waals surface area (Å²) in [6.45, 7) is 15.5. The number of likely N-dealkylation sites (tertiary alicyclic amines) is 2. The SMILES string of the molecule is C=C[C@@H]1C(C)(NC(=O)[C@@H]2CCCN2C(=O)CI)/C(=C\C)N[C@@]1(C)[C@H](C)[C@@H](C)NC(=O)[C@@H]1CCCCN1C(=O)Cc1ccccc1. The first kappa shape index (κ1) is 35.0. The highest BCUT2D eigenvalue weighted by Gasteiger charge is 2.58. The standard InChI is InChI=1S/C35H50IN5O4/c1-7-28-34(5,38-29(8-2)35(28,6)39-33(45)27-18-14-20-41(27)31(43)22-36)23(3)24(4)37-32(44)26-17-12-13-19-40(26)30(42)21-25-15-10-9-11-16-25/h7-11,15-16,23-24,26-28,38H,1,12-14,17-22H2,2-6H3,(H,37,44)(H,39,45)/b29-8+/t23-,24-,26+,27+,28+,34+,35?/m1/s1. The fourth-order valence-corrected chi connectivity index (χ4v) is 8.19. The number of nitrogens with one attached hydrogen (secondary N) is 3. The molecule has 0 saturated carbocycles. The van der Waals surface area contributed by atoms with Gasteiger partial charge in [0, 0.05) is 36.3 Å². The average molecular weight is 732 g/mol. The fraction of sp³-hybridized carbons (Fsp3) is 0.600. The number of halogens is 1. The van der Waals surface area contributed by atoms with Crippen LogP contribution < -0.4 is 16.0 Å². The van der Waals surface area contributed by atoms with Crippen molar-refractivity contribution in [1.29, 1.82) is 0 Å². The molecule has 246 valence electrons. The van der Waals surface area contributed by atoms with Crippen LogP contribution in [0.15, 0.2) is 54.8 Å². The number of alkyl halides is 1. The highest BCUT2D eigenvalue weighted by Crippen LogP contribution is 2.46. The fourth-order valence-electron chi connectivity index (χ4n) is 7.75. The van der Waals surface area contributed by atoms with Crippen molar-refractivity contribution in [3.8, 4) is 0 Å². The van der Waals surface area contributed by atoms with Crippen LogP contribution in [-0.2, 0) is 25.6 Å². The molecule has 0 aromatic heterocycles. The minimum absolute atomic E-state index is 0.0178. The van der Waals surface area contributed by atoms with Gasteiger partial charge in [0.05, 0.1) is 16.4 Å². The van der Waals surface area contributed by atoms with E-state index in [2.05, 4.69) is 59.0 Å². The zero-order valence-electron chi connectivity index (χ0n) is 27.4. The smallest absolute Gasteiger partial charge is 0.243 e. The molecule has 45 heavy (non-hydrogen) atoms. The molecule has 3 N–H and O–H groups in total. The number of hydrogen-bond acceptors (Lipinski definition) is 5. The molecule has 9 nitrogen and oxygen atoms in total. The Bertz CT molecular complexity index is 1300. The molecule has 3 aliphatic heterocycles. The molecule has 3 saturated heterocycles. The van der Waals surface area contributed by atoms with Gasteiger partial charge >= 0.3 is 0 Å². The summed E-state index contributed by atoms with van der Waals surface area (Å²) in [5.74, 6) is -0.631. The normalized spacial score (nSPS) is 30.4. The Labute approximate surface area is 282 Å². The van der Waals surface area contributed by atoms with Gasteiger partial charge in [-0.25, -0.2) is 0 Å². The molecule has 10 heteroatoms. The zero-order chi connectivity index (χ0) is 32.9. The molecule has 3 heterocycles. The Morgan fingerprint density at radius 1 is 1.00 bits per heavy atom. The van der Waals surface area contributed by atoms with Crippen molar-refractivity contribution < 1.29 is 19.2 Å². The quantitative estimate of drug-likeness (QED) is 0.191. The molecule has 4 amide bonds. The molecule has 3 aliphatic rings. The van der Waals surface area contributed by atoms with Crippen molar-refractivity contribution in [2.75, 3.05) is 17.5 Å². The number of hydrogen-bond donors (Lipinski definition) is 3. The van der Waals surface area contributed by atoms with Gasteiger partial charge in [-0.2, -0.15) is 0 Å². The van der Waals surface area contributed by atoms with Crippen LogP contribution in [0, 0.1) is 11.8 Å². The third-order valence-electron chi connectivity index (χ3n) is 10.5. The van der Waals surface area contributed by atoms with Crippen molar-refractivity contribution in [1.82, 2.24) is 25.8 Å². The number of carbonyl (C=O) groups is 4. The summed E-state index contributed by atoms with van der Waals surface area (Å²) in [5, 5.41) is 10.3. The second-order valence-corrected chi connectivity index (χ2v) is 14.0. The second-order valence-electron chi connectivity index (χ2n) is 13.2. The Balaban J connectivity index is 1.48. The first-order chi connectivity index (χ1) is 21.4. The van der Waals surface area contributed by atoms with Crippen LogP contribution in [0.2, 0.25) is 0 Å². The van der Waals surface area contributed by atoms with Crippen molar-refractivity contribution in [3.05, 3.63) is 60.3 Å². The van der Waals surface area contributed by atoms with Crippen LogP contribution in [-0.4, -0.2) is 80.1 Å². The molecule has 0 aliphatic carbocycles. The molecule has 4 rings (SSSR count). The third kappa shape index (κ3) is 7.10. The van der Waals surface area contributed by atoms with E-state index in [9.17, 15) is 19.2 Å². The van der Waals surface area contributed by atoms with Gasteiger partial charge in [0.15, 0.2) is 0 Å². The van der Waals surface area contributed by atoms with Gasteiger partial charge in [-0.15, -0.1) is 6.58 Å². The predicted octanol–water partition coefficient (Wildman–Crippen LogP) is 4.12. The Kier molecular flexibility index (Phi) is 11.4. The van der Waals surface area contributed by atoms with Gasteiger partial charge in [-0.05, 0) is 71.3 Å². The summed E-state index contributed by atoms with van der Waals surface area (Å²) in [5.41, 5.74) is 0.466. The van der Waals surface area contributed by atoms with Crippen LogP contribution >= 0.6 is 22.6 Å². The summed E-state index contributed by atoms with van der Waals surface area (Å²) in [4.78, 5) is 56.8. The van der Waals surface area contributed by atoms with E-state index in [1.165, 1.54) is 0 Å². The Morgan fingerprint density at radius 3 is 2.27 bits per heavy atom. The summed E-state index contributed by atoms with van der Waals surface area (Å²) < 4.78 is 0.342. The Hall–Kier alpha value is -2.89. The zero-order valence-corrected chi connectivity index (χ0v) is 29.6. The number of benzene rings is 1. The van der Waals surface area contributed by atoms with Gasteiger partial charge in [0.2, 0.25) is 23.6 Å². The lowest BCUT2D eigenvalue weighted by molar-refractivity contribution is -0.142. The van der Waals surface area contributed by atoms with Crippen LogP contribution in [0.1, 0.15) is 72.3 Å². The summed E-state index contributed by atoms with van der Waals surface area (Å²) in [6.07, 6.45) is 8.04. The maximum absolute atomic E-state index is 13.8. The van der Waals surface area contributed by atoms with Crippen molar-refractivity contribution in [2.45, 2.75) is 102 Å². The van der Waals surface area contributed by atoms with Gasteiger partial charge in [-0.3, -0.25) is 19.2 Å². The van der Waals surface area contributed by atoms with Crippen LogP contribution in [0.4, 0.5) is 0 Å². The molecule has 3 fully saturated rings. The summed E-state index contributed by atoms with van der Waals surface area (Å²) in [6, 6.07) is 8.42.